The molecule has 0 heterocycles. The molecule has 2 amide bonds. The summed E-state index contributed by atoms with van der Waals surface area (Å²) in [6.45, 7) is 4.57. The van der Waals surface area contributed by atoms with E-state index in [0.29, 0.717) is 36.0 Å². The fourth-order valence-corrected chi connectivity index (χ4v) is 2.34. The Kier molecular flexibility index (Phi) is 4.79. The van der Waals surface area contributed by atoms with E-state index in [1.165, 1.54) is 0 Å². The molecule has 0 aliphatic heterocycles. The molecule has 1 aliphatic carbocycles. The number of hydrogen-bond acceptors (Lipinski definition) is 2. The fraction of sp³-hybridized carbons (Fsp3) is 0.467. The summed E-state index contributed by atoms with van der Waals surface area (Å²) in [5.41, 5.74) is -0.530. The van der Waals surface area contributed by atoms with Crippen molar-refractivity contribution in [3.8, 4) is 0 Å². The third-order valence-electron chi connectivity index (χ3n) is 3.49. The van der Waals surface area contributed by atoms with Crippen molar-refractivity contribution in [3.05, 3.63) is 28.2 Å². The SMILES string of the molecule is CC(C)CNC(=O)C1(C(=O)Nc2cccc(Cl)c2Cl)CC1. The second-order valence-electron chi connectivity index (χ2n) is 5.74. The van der Waals surface area contributed by atoms with Crippen molar-refractivity contribution in [2.75, 3.05) is 11.9 Å². The molecule has 1 aliphatic rings. The van der Waals surface area contributed by atoms with E-state index in [1.807, 2.05) is 13.8 Å². The predicted molar refractivity (Wildman–Crippen MR) is 84.6 cm³/mol. The first-order chi connectivity index (χ1) is 9.86. The standard InChI is InChI=1S/C15H18Cl2N2O2/c1-9(2)8-18-13(20)15(6-7-15)14(21)19-11-5-3-4-10(16)12(11)17/h3-5,9H,6-8H2,1-2H3,(H,18,20)(H,19,21). The number of benzene rings is 1. The Morgan fingerprint density at radius 3 is 2.48 bits per heavy atom. The van der Waals surface area contributed by atoms with Gasteiger partial charge in [0.15, 0.2) is 0 Å². The number of nitrogens with one attached hydrogen (secondary N) is 2. The first-order valence-electron chi connectivity index (χ1n) is 6.90. The van der Waals surface area contributed by atoms with E-state index in [0.717, 1.165) is 0 Å². The number of carbonyl (C=O) groups is 2. The molecule has 0 radical (unpaired) electrons. The molecule has 1 aromatic carbocycles. The lowest BCUT2D eigenvalue weighted by atomic mass is 10.0. The van der Waals surface area contributed by atoms with Crippen LogP contribution in [0.3, 0.4) is 0 Å². The number of anilines is 1. The molecule has 6 heteroatoms. The van der Waals surface area contributed by atoms with Gasteiger partial charge in [-0.2, -0.15) is 0 Å². The van der Waals surface area contributed by atoms with Crippen molar-refractivity contribution in [1.29, 1.82) is 0 Å². The molecule has 0 aromatic heterocycles. The van der Waals surface area contributed by atoms with E-state index in [4.69, 9.17) is 23.2 Å². The monoisotopic (exact) mass is 328 g/mol. The van der Waals surface area contributed by atoms with Crippen LogP contribution in [0, 0.1) is 11.3 Å². The Morgan fingerprint density at radius 1 is 1.24 bits per heavy atom. The van der Waals surface area contributed by atoms with Gasteiger partial charge in [0, 0.05) is 6.54 Å². The number of rotatable bonds is 5. The summed E-state index contributed by atoms with van der Waals surface area (Å²) >= 11 is 12.0. The lowest BCUT2D eigenvalue weighted by Crippen LogP contribution is -2.41. The van der Waals surface area contributed by atoms with Crippen LogP contribution in [-0.4, -0.2) is 18.4 Å². The average Bonchev–Trinajstić information content (AvgIpc) is 3.22. The van der Waals surface area contributed by atoms with E-state index in [2.05, 4.69) is 10.6 Å². The Morgan fingerprint density at radius 2 is 1.90 bits per heavy atom. The van der Waals surface area contributed by atoms with Crippen LogP contribution >= 0.6 is 23.2 Å². The second kappa shape index (κ2) is 6.24. The maximum Gasteiger partial charge on any atom is 0.240 e. The predicted octanol–water partition coefficient (Wildman–Crippen LogP) is 3.48. The van der Waals surface area contributed by atoms with Gasteiger partial charge in [-0.1, -0.05) is 43.1 Å². The Balaban J connectivity index is 2.06. The second-order valence-corrected chi connectivity index (χ2v) is 6.53. The van der Waals surface area contributed by atoms with E-state index in [-0.39, 0.29) is 16.8 Å². The highest BCUT2D eigenvalue weighted by atomic mass is 35.5. The Bertz CT molecular complexity index is 569. The minimum absolute atomic E-state index is 0.216. The van der Waals surface area contributed by atoms with Gasteiger partial charge >= 0.3 is 0 Å². The zero-order valence-electron chi connectivity index (χ0n) is 12.0. The van der Waals surface area contributed by atoms with E-state index in [1.54, 1.807) is 18.2 Å². The van der Waals surface area contributed by atoms with Gasteiger partial charge in [-0.3, -0.25) is 9.59 Å². The van der Waals surface area contributed by atoms with Gasteiger partial charge in [0.1, 0.15) is 5.41 Å². The van der Waals surface area contributed by atoms with E-state index >= 15 is 0 Å². The molecule has 4 nitrogen and oxygen atoms in total. The van der Waals surface area contributed by atoms with Crippen molar-refractivity contribution in [2.45, 2.75) is 26.7 Å². The van der Waals surface area contributed by atoms with Crippen LogP contribution < -0.4 is 10.6 Å². The van der Waals surface area contributed by atoms with Crippen molar-refractivity contribution in [1.82, 2.24) is 5.32 Å². The maximum atomic E-state index is 12.4. The molecule has 0 unspecified atom stereocenters. The highest BCUT2D eigenvalue weighted by Crippen LogP contribution is 2.47. The molecule has 2 rings (SSSR count). The van der Waals surface area contributed by atoms with Crippen LogP contribution in [0.1, 0.15) is 26.7 Å². The van der Waals surface area contributed by atoms with Crippen molar-refractivity contribution < 1.29 is 9.59 Å². The largest absolute Gasteiger partial charge is 0.355 e. The average molecular weight is 329 g/mol. The van der Waals surface area contributed by atoms with Crippen LogP contribution in [0.25, 0.3) is 0 Å². The summed E-state index contributed by atoms with van der Waals surface area (Å²) in [5, 5.41) is 6.17. The summed E-state index contributed by atoms with van der Waals surface area (Å²) in [7, 11) is 0. The molecular formula is C15H18Cl2N2O2. The summed E-state index contributed by atoms with van der Waals surface area (Å²) in [6.07, 6.45) is 1.11. The smallest absolute Gasteiger partial charge is 0.240 e. The summed E-state index contributed by atoms with van der Waals surface area (Å²) in [5.74, 6) is -0.199. The van der Waals surface area contributed by atoms with Gasteiger partial charge < -0.3 is 10.6 Å². The molecule has 114 valence electrons. The molecule has 0 bridgehead atoms. The topological polar surface area (TPSA) is 58.2 Å². The fourth-order valence-electron chi connectivity index (χ4n) is 1.99. The zero-order valence-corrected chi connectivity index (χ0v) is 13.5. The number of halogens is 2. The van der Waals surface area contributed by atoms with E-state index < -0.39 is 5.41 Å². The molecule has 1 fully saturated rings. The normalized spacial score (nSPS) is 15.7. The van der Waals surface area contributed by atoms with Gasteiger partial charge in [-0.25, -0.2) is 0 Å². The summed E-state index contributed by atoms with van der Waals surface area (Å²) < 4.78 is 0. The third kappa shape index (κ3) is 3.50. The molecule has 1 saturated carbocycles. The zero-order chi connectivity index (χ0) is 15.6. The summed E-state index contributed by atoms with van der Waals surface area (Å²) in [4.78, 5) is 24.6. The molecule has 0 spiro atoms. The van der Waals surface area contributed by atoms with Gasteiger partial charge in [0.25, 0.3) is 0 Å². The van der Waals surface area contributed by atoms with Gasteiger partial charge in [0.05, 0.1) is 15.7 Å². The first kappa shape index (κ1) is 16.1. The molecule has 0 atom stereocenters. The molecule has 2 N–H and O–H groups in total. The van der Waals surface area contributed by atoms with Crippen molar-refractivity contribution >= 4 is 40.7 Å². The van der Waals surface area contributed by atoms with Crippen LogP contribution in [0.15, 0.2) is 18.2 Å². The minimum atomic E-state index is -0.958. The van der Waals surface area contributed by atoms with Crippen molar-refractivity contribution in [3.63, 3.8) is 0 Å². The highest BCUT2D eigenvalue weighted by molar-refractivity contribution is 6.44. The van der Waals surface area contributed by atoms with E-state index in [9.17, 15) is 9.59 Å². The van der Waals surface area contributed by atoms with Crippen LogP contribution in [-0.2, 0) is 9.59 Å². The number of amides is 2. The van der Waals surface area contributed by atoms with Crippen LogP contribution in [0.2, 0.25) is 10.0 Å². The number of hydrogen-bond donors (Lipinski definition) is 2. The quantitative estimate of drug-likeness (QED) is 0.813. The van der Waals surface area contributed by atoms with Gasteiger partial charge in [-0.05, 0) is 30.9 Å². The Labute approximate surface area is 134 Å². The molecule has 1 aromatic rings. The van der Waals surface area contributed by atoms with Crippen molar-refractivity contribution in [2.24, 2.45) is 11.3 Å². The number of carbonyl (C=O) groups excluding carboxylic acids is 2. The van der Waals surface area contributed by atoms with Crippen LogP contribution in [0.4, 0.5) is 5.69 Å². The van der Waals surface area contributed by atoms with Gasteiger partial charge in [0.2, 0.25) is 11.8 Å². The van der Waals surface area contributed by atoms with Gasteiger partial charge in [-0.15, -0.1) is 0 Å². The molecule has 0 saturated heterocycles. The minimum Gasteiger partial charge on any atom is -0.355 e. The summed E-state index contributed by atoms with van der Waals surface area (Å²) in [6, 6.07) is 5.00. The Hall–Kier alpha value is -1.26. The first-order valence-corrected chi connectivity index (χ1v) is 7.66. The lowest BCUT2D eigenvalue weighted by molar-refractivity contribution is -0.134. The lowest BCUT2D eigenvalue weighted by Gasteiger charge is -2.17. The molecular weight excluding hydrogens is 311 g/mol. The molecule has 21 heavy (non-hydrogen) atoms. The highest BCUT2D eigenvalue weighted by Gasteiger charge is 2.56. The van der Waals surface area contributed by atoms with Crippen LogP contribution in [0.5, 0.6) is 0 Å². The third-order valence-corrected chi connectivity index (χ3v) is 4.31. The maximum absolute atomic E-state index is 12.4.